The summed E-state index contributed by atoms with van der Waals surface area (Å²) in [5, 5.41) is 18.3. The van der Waals surface area contributed by atoms with Gasteiger partial charge in [0.1, 0.15) is 0 Å². The van der Waals surface area contributed by atoms with Gasteiger partial charge in [-0.3, -0.25) is 0 Å². The van der Waals surface area contributed by atoms with Gasteiger partial charge in [-0.05, 0) is 29.9 Å². The average Bonchev–Trinajstić information content (AvgIpc) is 2.39. The largest absolute Gasteiger partial charge is 0.479 e. The molecule has 0 radical (unpaired) electrons. The molecular weight excluding hydrogens is 216 g/mol. The molecule has 0 amide bonds. The van der Waals surface area contributed by atoms with Crippen molar-refractivity contribution in [3.05, 3.63) is 35.4 Å². The van der Waals surface area contributed by atoms with Gasteiger partial charge in [-0.1, -0.05) is 43.5 Å². The molecule has 1 fully saturated rings. The highest BCUT2D eigenvalue weighted by atomic mass is 16.4. The third-order valence-corrected chi connectivity index (χ3v) is 3.54. The number of carbonyl (C=O) groups is 1. The Bertz CT molecular complexity index is 394. The Morgan fingerprint density at radius 2 is 1.94 bits per heavy atom. The summed E-state index contributed by atoms with van der Waals surface area (Å²) in [4.78, 5) is 10.7. The zero-order valence-electron chi connectivity index (χ0n) is 9.80. The summed E-state index contributed by atoms with van der Waals surface area (Å²) >= 11 is 0. The van der Waals surface area contributed by atoms with Crippen LogP contribution in [0.15, 0.2) is 24.3 Å². The lowest BCUT2D eigenvalue weighted by atomic mass is 9.83. The molecule has 0 heterocycles. The van der Waals surface area contributed by atoms with Crippen LogP contribution in [0.2, 0.25) is 0 Å². The summed E-state index contributed by atoms with van der Waals surface area (Å²) in [6, 6.07) is 7.39. The van der Waals surface area contributed by atoms with E-state index in [-0.39, 0.29) is 0 Å². The number of aliphatic hydroxyl groups excluding tert-OH is 1. The Morgan fingerprint density at radius 1 is 1.24 bits per heavy atom. The quantitative estimate of drug-likeness (QED) is 0.845. The normalized spacial score (nSPS) is 18.9. The lowest BCUT2D eigenvalue weighted by molar-refractivity contribution is -0.146. The Balaban J connectivity index is 2.18. The summed E-state index contributed by atoms with van der Waals surface area (Å²) < 4.78 is 0. The van der Waals surface area contributed by atoms with Crippen molar-refractivity contribution < 1.29 is 15.0 Å². The summed E-state index contributed by atoms with van der Waals surface area (Å²) in [5.74, 6) is -0.657. The van der Waals surface area contributed by atoms with E-state index in [1.165, 1.54) is 37.7 Å². The molecule has 92 valence electrons. The molecule has 1 atom stereocenters. The Hall–Kier alpha value is -1.35. The van der Waals surface area contributed by atoms with Crippen molar-refractivity contribution in [2.75, 3.05) is 0 Å². The zero-order valence-corrected chi connectivity index (χ0v) is 9.80. The molecule has 2 N–H and O–H groups in total. The van der Waals surface area contributed by atoms with E-state index in [1.54, 1.807) is 6.07 Å². The number of hydrogen-bond donors (Lipinski definition) is 2. The average molecular weight is 234 g/mol. The molecule has 0 aromatic heterocycles. The van der Waals surface area contributed by atoms with E-state index in [2.05, 4.69) is 0 Å². The SMILES string of the molecule is O=C(O)C(O)c1cccc(C2CCCCC2)c1. The maximum Gasteiger partial charge on any atom is 0.337 e. The summed E-state index contributed by atoms with van der Waals surface area (Å²) in [7, 11) is 0. The number of hydrogen-bond acceptors (Lipinski definition) is 2. The number of carboxylic acids is 1. The first kappa shape index (κ1) is 12.1. The van der Waals surface area contributed by atoms with Crippen LogP contribution in [0.3, 0.4) is 0 Å². The molecule has 1 unspecified atom stereocenters. The summed E-state index contributed by atoms with van der Waals surface area (Å²) in [6.07, 6.45) is 4.73. The molecule has 1 aliphatic carbocycles. The Labute approximate surface area is 101 Å². The first-order valence-corrected chi connectivity index (χ1v) is 6.19. The van der Waals surface area contributed by atoms with Gasteiger partial charge in [0.2, 0.25) is 0 Å². The number of aliphatic carboxylic acids is 1. The second kappa shape index (κ2) is 5.32. The molecule has 0 aliphatic heterocycles. The molecular formula is C14H18O3. The van der Waals surface area contributed by atoms with Crippen molar-refractivity contribution >= 4 is 5.97 Å². The van der Waals surface area contributed by atoms with E-state index in [4.69, 9.17) is 5.11 Å². The topological polar surface area (TPSA) is 57.5 Å². The first-order valence-electron chi connectivity index (χ1n) is 6.19. The van der Waals surface area contributed by atoms with E-state index in [0.29, 0.717) is 11.5 Å². The van der Waals surface area contributed by atoms with Crippen LogP contribution in [-0.4, -0.2) is 16.2 Å². The Morgan fingerprint density at radius 3 is 2.59 bits per heavy atom. The lowest BCUT2D eigenvalue weighted by Crippen LogP contribution is -2.11. The van der Waals surface area contributed by atoms with Gasteiger partial charge in [-0.2, -0.15) is 0 Å². The van der Waals surface area contributed by atoms with Crippen LogP contribution < -0.4 is 0 Å². The molecule has 1 saturated carbocycles. The van der Waals surface area contributed by atoms with Crippen LogP contribution in [0.5, 0.6) is 0 Å². The lowest BCUT2D eigenvalue weighted by Gasteiger charge is -2.22. The van der Waals surface area contributed by atoms with Gasteiger partial charge in [0.15, 0.2) is 6.10 Å². The zero-order chi connectivity index (χ0) is 12.3. The highest BCUT2D eigenvalue weighted by Crippen LogP contribution is 2.33. The molecule has 2 rings (SSSR count). The summed E-state index contributed by atoms with van der Waals surface area (Å²) in [5.41, 5.74) is 1.66. The molecule has 0 saturated heterocycles. The van der Waals surface area contributed by atoms with Crippen molar-refractivity contribution in [3.8, 4) is 0 Å². The van der Waals surface area contributed by atoms with E-state index in [1.807, 2.05) is 18.2 Å². The van der Waals surface area contributed by atoms with Crippen LogP contribution in [0.25, 0.3) is 0 Å². The van der Waals surface area contributed by atoms with Crippen LogP contribution in [-0.2, 0) is 4.79 Å². The Kier molecular flexibility index (Phi) is 3.79. The fourth-order valence-electron chi connectivity index (χ4n) is 2.56. The van der Waals surface area contributed by atoms with E-state index < -0.39 is 12.1 Å². The van der Waals surface area contributed by atoms with Gasteiger partial charge < -0.3 is 10.2 Å². The van der Waals surface area contributed by atoms with Crippen molar-refractivity contribution in [1.29, 1.82) is 0 Å². The molecule has 1 aliphatic rings. The monoisotopic (exact) mass is 234 g/mol. The molecule has 3 nitrogen and oxygen atoms in total. The first-order chi connectivity index (χ1) is 8.18. The van der Waals surface area contributed by atoms with Crippen molar-refractivity contribution in [2.45, 2.75) is 44.1 Å². The van der Waals surface area contributed by atoms with Gasteiger partial charge in [0, 0.05) is 0 Å². The van der Waals surface area contributed by atoms with Gasteiger partial charge in [0.05, 0.1) is 0 Å². The van der Waals surface area contributed by atoms with Crippen LogP contribution in [0, 0.1) is 0 Å². The maximum absolute atomic E-state index is 10.7. The minimum Gasteiger partial charge on any atom is -0.479 e. The smallest absolute Gasteiger partial charge is 0.337 e. The van der Waals surface area contributed by atoms with Gasteiger partial charge in [-0.25, -0.2) is 4.79 Å². The number of benzene rings is 1. The molecule has 1 aromatic rings. The summed E-state index contributed by atoms with van der Waals surface area (Å²) in [6.45, 7) is 0. The fourth-order valence-corrected chi connectivity index (χ4v) is 2.56. The van der Waals surface area contributed by atoms with Gasteiger partial charge >= 0.3 is 5.97 Å². The van der Waals surface area contributed by atoms with Gasteiger partial charge in [0.25, 0.3) is 0 Å². The van der Waals surface area contributed by atoms with Crippen molar-refractivity contribution in [3.63, 3.8) is 0 Å². The second-order valence-electron chi connectivity index (χ2n) is 4.75. The van der Waals surface area contributed by atoms with Crippen LogP contribution >= 0.6 is 0 Å². The van der Waals surface area contributed by atoms with E-state index >= 15 is 0 Å². The van der Waals surface area contributed by atoms with Gasteiger partial charge in [-0.15, -0.1) is 0 Å². The van der Waals surface area contributed by atoms with Crippen LogP contribution in [0.4, 0.5) is 0 Å². The predicted octanol–water partition coefficient (Wildman–Crippen LogP) is 2.85. The molecule has 1 aromatic carbocycles. The number of aliphatic hydroxyl groups is 1. The van der Waals surface area contributed by atoms with Crippen molar-refractivity contribution in [1.82, 2.24) is 0 Å². The minimum atomic E-state index is -1.40. The third-order valence-electron chi connectivity index (χ3n) is 3.54. The highest BCUT2D eigenvalue weighted by Gasteiger charge is 2.19. The second-order valence-corrected chi connectivity index (χ2v) is 4.75. The maximum atomic E-state index is 10.7. The molecule has 0 spiro atoms. The van der Waals surface area contributed by atoms with E-state index in [0.717, 1.165) is 0 Å². The number of carboxylic acid groups (broad SMARTS) is 1. The van der Waals surface area contributed by atoms with E-state index in [9.17, 15) is 9.90 Å². The third kappa shape index (κ3) is 2.86. The van der Waals surface area contributed by atoms with Crippen molar-refractivity contribution in [2.24, 2.45) is 0 Å². The molecule has 0 bridgehead atoms. The minimum absolute atomic E-state index is 0.487. The number of rotatable bonds is 3. The molecule has 3 heteroatoms. The standard InChI is InChI=1S/C14H18O3/c15-13(14(16)17)12-8-4-7-11(9-12)10-5-2-1-3-6-10/h4,7-10,13,15H,1-3,5-6H2,(H,16,17). The predicted molar refractivity (Wildman–Crippen MR) is 64.9 cm³/mol. The van der Waals surface area contributed by atoms with Crippen LogP contribution in [0.1, 0.15) is 55.3 Å². The molecule has 17 heavy (non-hydrogen) atoms. The fraction of sp³-hybridized carbons (Fsp3) is 0.500. The highest BCUT2D eigenvalue weighted by molar-refractivity contribution is 5.74.